The van der Waals surface area contributed by atoms with Crippen LogP contribution in [0.4, 0.5) is 11.4 Å². The quantitative estimate of drug-likeness (QED) is 0.582. The third-order valence-corrected chi connectivity index (χ3v) is 2.13. The number of hydrogen-bond acceptors (Lipinski definition) is 4. The number of nitrogens with one attached hydrogen (secondary N) is 1. The van der Waals surface area contributed by atoms with Crippen LogP contribution in [0.1, 0.15) is 12.0 Å². The standard InChI is InChI=1S/C11H16N2O2/c1-8-3-4-9(12)7-10(8)13-6-5-11(14)15-2/h3-4,7,13H,5-6,12H2,1-2H3. The molecule has 4 heteroatoms. The Labute approximate surface area is 89.4 Å². The average molecular weight is 208 g/mol. The van der Waals surface area contributed by atoms with E-state index in [1.54, 1.807) is 0 Å². The molecule has 15 heavy (non-hydrogen) atoms. The van der Waals surface area contributed by atoms with E-state index in [4.69, 9.17) is 5.73 Å². The first-order chi connectivity index (χ1) is 7.13. The maximum absolute atomic E-state index is 10.9. The van der Waals surface area contributed by atoms with Crippen molar-refractivity contribution in [1.29, 1.82) is 0 Å². The van der Waals surface area contributed by atoms with E-state index >= 15 is 0 Å². The molecule has 82 valence electrons. The fraction of sp³-hybridized carbons (Fsp3) is 0.364. The SMILES string of the molecule is COC(=O)CCNc1cc(N)ccc1C. The van der Waals surface area contributed by atoms with Gasteiger partial charge in [0.1, 0.15) is 0 Å². The van der Waals surface area contributed by atoms with Gasteiger partial charge in [0.2, 0.25) is 0 Å². The van der Waals surface area contributed by atoms with E-state index in [0.717, 1.165) is 11.3 Å². The highest BCUT2D eigenvalue weighted by molar-refractivity contribution is 5.70. The van der Waals surface area contributed by atoms with Crippen LogP contribution in [0.2, 0.25) is 0 Å². The number of rotatable bonds is 4. The number of methoxy groups -OCH3 is 1. The van der Waals surface area contributed by atoms with Gasteiger partial charge < -0.3 is 15.8 Å². The highest BCUT2D eigenvalue weighted by atomic mass is 16.5. The summed E-state index contributed by atoms with van der Waals surface area (Å²) in [6.07, 6.45) is 0.352. The van der Waals surface area contributed by atoms with Gasteiger partial charge in [-0.15, -0.1) is 0 Å². The lowest BCUT2D eigenvalue weighted by Crippen LogP contribution is -2.10. The molecule has 0 spiro atoms. The predicted molar refractivity (Wildman–Crippen MR) is 60.7 cm³/mol. The summed E-state index contributed by atoms with van der Waals surface area (Å²) < 4.78 is 4.54. The summed E-state index contributed by atoms with van der Waals surface area (Å²) in [5.41, 5.74) is 8.43. The summed E-state index contributed by atoms with van der Waals surface area (Å²) in [7, 11) is 1.38. The number of hydrogen-bond donors (Lipinski definition) is 2. The smallest absolute Gasteiger partial charge is 0.307 e. The topological polar surface area (TPSA) is 64.3 Å². The van der Waals surface area contributed by atoms with E-state index in [-0.39, 0.29) is 5.97 Å². The number of nitrogen functional groups attached to an aromatic ring is 1. The third kappa shape index (κ3) is 3.50. The Hall–Kier alpha value is -1.71. The molecule has 0 atom stereocenters. The number of esters is 1. The normalized spacial score (nSPS) is 9.73. The van der Waals surface area contributed by atoms with Gasteiger partial charge in [-0.25, -0.2) is 0 Å². The molecule has 3 N–H and O–H groups in total. The molecule has 0 bridgehead atoms. The minimum absolute atomic E-state index is 0.218. The van der Waals surface area contributed by atoms with Crippen LogP contribution in [0.25, 0.3) is 0 Å². The molecule has 0 amide bonds. The number of carbonyl (C=O) groups is 1. The zero-order valence-electron chi connectivity index (χ0n) is 9.04. The van der Waals surface area contributed by atoms with Gasteiger partial charge in [-0.2, -0.15) is 0 Å². The van der Waals surface area contributed by atoms with Crippen molar-refractivity contribution in [3.05, 3.63) is 23.8 Å². The lowest BCUT2D eigenvalue weighted by atomic mass is 10.2. The van der Waals surface area contributed by atoms with E-state index < -0.39 is 0 Å². The summed E-state index contributed by atoms with van der Waals surface area (Å²) in [5, 5.41) is 3.14. The molecule has 0 aliphatic rings. The lowest BCUT2D eigenvalue weighted by Gasteiger charge is -2.09. The summed E-state index contributed by atoms with van der Waals surface area (Å²) >= 11 is 0. The number of carbonyl (C=O) groups excluding carboxylic acids is 1. The zero-order valence-corrected chi connectivity index (χ0v) is 9.04. The molecule has 1 rings (SSSR count). The minimum atomic E-state index is -0.218. The van der Waals surface area contributed by atoms with Gasteiger partial charge in [0.25, 0.3) is 0 Å². The van der Waals surface area contributed by atoms with Crippen molar-refractivity contribution in [2.75, 3.05) is 24.7 Å². The van der Waals surface area contributed by atoms with Crippen molar-refractivity contribution in [3.8, 4) is 0 Å². The van der Waals surface area contributed by atoms with Crippen molar-refractivity contribution >= 4 is 17.3 Å². The zero-order chi connectivity index (χ0) is 11.3. The number of ether oxygens (including phenoxy) is 1. The van der Waals surface area contributed by atoms with Crippen LogP contribution in [0, 0.1) is 6.92 Å². The van der Waals surface area contributed by atoms with Gasteiger partial charge in [-0.3, -0.25) is 4.79 Å². The van der Waals surface area contributed by atoms with Crippen LogP contribution in [0.5, 0.6) is 0 Å². The van der Waals surface area contributed by atoms with Gasteiger partial charge in [0.15, 0.2) is 0 Å². The number of benzene rings is 1. The number of anilines is 2. The van der Waals surface area contributed by atoms with E-state index in [1.165, 1.54) is 7.11 Å². The Balaban J connectivity index is 2.50. The molecule has 0 heterocycles. The van der Waals surface area contributed by atoms with E-state index in [2.05, 4.69) is 10.1 Å². The summed E-state index contributed by atoms with van der Waals surface area (Å²) in [6, 6.07) is 5.64. The van der Waals surface area contributed by atoms with E-state index in [0.29, 0.717) is 18.7 Å². The first kappa shape index (κ1) is 11.4. The molecule has 0 aromatic heterocycles. The molecule has 0 aliphatic heterocycles. The molecule has 0 aliphatic carbocycles. The minimum Gasteiger partial charge on any atom is -0.469 e. The van der Waals surface area contributed by atoms with Crippen molar-refractivity contribution in [1.82, 2.24) is 0 Å². The average Bonchev–Trinajstić information content (AvgIpc) is 2.23. The fourth-order valence-corrected chi connectivity index (χ4v) is 1.23. The summed E-state index contributed by atoms with van der Waals surface area (Å²) in [5.74, 6) is -0.218. The molecular weight excluding hydrogens is 192 g/mol. The monoisotopic (exact) mass is 208 g/mol. The Kier molecular flexibility index (Phi) is 3.97. The van der Waals surface area contributed by atoms with Gasteiger partial charge in [-0.05, 0) is 24.6 Å². The molecule has 1 aromatic carbocycles. The molecular formula is C11H16N2O2. The largest absolute Gasteiger partial charge is 0.469 e. The van der Waals surface area contributed by atoms with Crippen LogP contribution >= 0.6 is 0 Å². The number of nitrogens with two attached hydrogens (primary N) is 1. The van der Waals surface area contributed by atoms with E-state index in [9.17, 15) is 4.79 Å². The van der Waals surface area contributed by atoms with Gasteiger partial charge in [-0.1, -0.05) is 6.07 Å². The molecule has 0 fully saturated rings. The van der Waals surface area contributed by atoms with Crippen molar-refractivity contribution in [2.45, 2.75) is 13.3 Å². The molecule has 0 radical (unpaired) electrons. The van der Waals surface area contributed by atoms with Crippen molar-refractivity contribution in [2.24, 2.45) is 0 Å². The highest BCUT2D eigenvalue weighted by Crippen LogP contribution is 2.17. The van der Waals surface area contributed by atoms with Crippen LogP contribution in [0.3, 0.4) is 0 Å². The maximum Gasteiger partial charge on any atom is 0.307 e. The Bertz CT molecular complexity index is 350. The first-order valence-electron chi connectivity index (χ1n) is 4.80. The lowest BCUT2D eigenvalue weighted by molar-refractivity contribution is -0.140. The molecule has 0 unspecified atom stereocenters. The van der Waals surface area contributed by atoms with Crippen LogP contribution in [0.15, 0.2) is 18.2 Å². The molecule has 0 saturated carbocycles. The predicted octanol–water partition coefficient (Wildman–Crippen LogP) is 1.55. The second kappa shape index (κ2) is 5.24. The van der Waals surface area contributed by atoms with Crippen LogP contribution < -0.4 is 11.1 Å². The van der Waals surface area contributed by atoms with Gasteiger partial charge in [0.05, 0.1) is 13.5 Å². The summed E-state index contributed by atoms with van der Waals surface area (Å²) in [6.45, 7) is 2.54. The summed E-state index contributed by atoms with van der Waals surface area (Å²) in [4.78, 5) is 10.9. The molecule has 1 aromatic rings. The van der Waals surface area contributed by atoms with Crippen LogP contribution in [-0.2, 0) is 9.53 Å². The fourth-order valence-electron chi connectivity index (χ4n) is 1.23. The Morgan fingerprint density at radius 1 is 1.53 bits per heavy atom. The highest BCUT2D eigenvalue weighted by Gasteiger charge is 2.01. The van der Waals surface area contributed by atoms with Crippen molar-refractivity contribution < 1.29 is 9.53 Å². The first-order valence-corrected chi connectivity index (χ1v) is 4.80. The van der Waals surface area contributed by atoms with Crippen molar-refractivity contribution in [3.63, 3.8) is 0 Å². The maximum atomic E-state index is 10.9. The van der Waals surface area contributed by atoms with Gasteiger partial charge in [0, 0.05) is 17.9 Å². The second-order valence-electron chi connectivity index (χ2n) is 3.33. The second-order valence-corrected chi connectivity index (χ2v) is 3.33. The van der Waals surface area contributed by atoms with Gasteiger partial charge >= 0.3 is 5.97 Å². The molecule has 4 nitrogen and oxygen atoms in total. The molecule has 0 saturated heterocycles. The van der Waals surface area contributed by atoms with Crippen LogP contribution in [-0.4, -0.2) is 19.6 Å². The number of aryl methyl sites for hydroxylation is 1. The Morgan fingerprint density at radius 3 is 2.93 bits per heavy atom. The van der Waals surface area contributed by atoms with E-state index in [1.807, 2.05) is 25.1 Å². The Morgan fingerprint density at radius 2 is 2.27 bits per heavy atom. The third-order valence-electron chi connectivity index (χ3n) is 2.13.